The molecule has 0 spiro atoms. The van der Waals surface area contributed by atoms with Gasteiger partial charge in [-0.2, -0.15) is 4.31 Å². The van der Waals surface area contributed by atoms with Crippen LogP contribution in [0.25, 0.3) is 0 Å². The minimum absolute atomic E-state index is 0.143. The zero-order valence-electron chi connectivity index (χ0n) is 17.2. The Kier molecular flexibility index (Phi) is 6.92. The van der Waals surface area contributed by atoms with Gasteiger partial charge in [0.15, 0.2) is 12.4 Å². The Balaban J connectivity index is 1.63. The number of esters is 1. The molecule has 0 bridgehead atoms. The summed E-state index contributed by atoms with van der Waals surface area (Å²) in [6.07, 6.45) is 5.26. The lowest BCUT2D eigenvalue weighted by Crippen LogP contribution is -2.56. The summed E-state index contributed by atoms with van der Waals surface area (Å²) in [5.41, 5.74) is -0.807. The average Bonchev–Trinajstić information content (AvgIpc) is 3.28. The van der Waals surface area contributed by atoms with Gasteiger partial charge in [0.1, 0.15) is 5.54 Å². The number of nitrogens with one attached hydrogen (secondary N) is 1. The normalized spacial score (nSPS) is 19.2. The molecule has 1 aliphatic heterocycles. The van der Waals surface area contributed by atoms with E-state index in [9.17, 15) is 22.8 Å². The maximum atomic E-state index is 12.6. The van der Waals surface area contributed by atoms with Crippen LogP contribution in [0.2, 0.25) is 0 Å². The topological polar surface area (TPSA) is 110 Å². The third kappa shape index (κ3) is 4.89. The van der Waals surface area contributed by atoms with E-state index < -0.39 is 33.9 Å². The van der Waals surface area contributed by atoms with Crippen molar-refractivity contribution < 1.29 is 27.5 Å². The monoisotopic (exact) mass is 436 g/mol. The Morgan fingerprint density at radius 3 is 2.17 bits per heavy atom. The fraction of sp³-hybridized carbons (Fsp3) is 0.571. The predicted octanol–water partition coefficient (Wildman–Crippen LogP) is 2.04. The van der Waals surface area contributed by atoms with Gasteiger partial charge < -0.3 is 10.1 Å². The van der Waals surface area contributed by atoms with Crippen LogP contribution in [0.3, 0.4) is 0 Å². The van der Waals surface area contributed by atoms with Crippen molar-refractivity contribution >= 4 is 27.7 Å². The lowest BCUT2D eigenvalue weighted by Gasteiger charge is -2.35. The number of ether oxygens (including phenoxy) is 1. The van der Waals surface area contributed by atoms with Crippen LogP contribution in [-0.2, 0) is 24.3 Å². The van der Waals surface area contributed by atoms with Gasteiger partial charge >= 0.3 is 5.97 Å². The first-order valence-electron chi connectivity index (χ1n) is 10.3. The molecule has 8 nitrogen and oxygen atoms in total. The molecule has 1 saturated heterocycles. The summed E-state index contributed by atoms with van der Waals surface area (Å²) in [5, 5.41) is 2.71. The van der Waals surface area contributed by atoms with Gasteiger partial charge in [0, 0.05) is 25.6 Å². The van der Waals surface area contributed by atoms with Gasteiger partial charge in [-0.3, -0.25) is 9.59 Å². The third-order valence-corrected chi connectivity index (χ3v) is 7.64. The first-order valence-corrected chi connectivity index (χ1v) is 11.8. The van der Waals surface area contributed by atoms with Gasteiger partial charge in [-0.1, -0.05) is 19.3 Å². The number of nitrogens with zero attached hydrogens (tertiary/aromatic N) is 1. The predicted molar refractivity (Wildman–Crippen MR) is 109 cm³/mol. The maximum Gasteiger partial charge on any atom is 0.332 e. The Morgan fingerprint density at radius 2 is 1.60 bits per heavy atom. The molecule has 30 heavy (non-hydrogen) atoms. The van der Waals surface area contributed by atoms with Gasteiger partial charge in [0.25, 0.3) is 0 Å². The second kappa shape index (κ2) is 9.26. The van der Waals surface area contributed by atoms with Crippen LogP contribution < -0.4 is 5.32 Å². The van der Waals surface area contributed by atoms with E-state index >= 15 is 0 Å². The van der Waals surface area contributed by atoms with E-state index in [0.29, 0.717) is 25.9 Å². The van der Waals surface area contributed by atoms with Gasteiger partial charge in [0.05, 0.1) is 4.90 Å². The van der Waals surface area contributed by atoms with Crippen LogP contribution in [0.1, 0.15) is 62.2 Å². The van der Waals surface area contributed by atoms with Crippen LogP contribution in [0.5, 0.6) is 0 Å². The lowest BCUT2D eigenvalue weighted by molar-refractivity contribution is -0.154. The van der Waals surface area contributed by atoms with Gasteiger partial charge in [0.2, 0.25) is 15.9 Å². The SMILES string of the molecule is CC(=O)NC1(C(=O)OCC(=O)c2ccc(S(=O)(=O)N3CCCC3)cc2)CCCCC1. The number of amides is 1. The Morgan fingerprint density at radius 1 is 1.00 bits per heavy atom. The molecule has 1 aromatic carbocycles. The molecule has 0 aromatic heterocycles. The summed E-state index contributed by atoms with van der Waals surface area (Å²) in [6, 6.07) is 5.68. The van der Waals surface area contributed by atoms with Gasteiger partial charge in [-0.05, 0) is 49.9 Å². The van der Waals surface area contributed by atoms with Crippen molar-refractivity contribution in [1.82, 2.24) is 9.62 Å². The number of hydrogen-bond donors (Lipinski definition) is 1. The van der Waals surface area contributed by atoms with E-state index in [1.54, 1.807) is 0 Å². The van der Waals surface area contributed by atoms with Crippen molar-refractivity contribution in [2.75, 3.05) is 19.7 Å². The molecular weight excluding hydrogens is 408 g/mol. The van der Waals surface area contributed by atoms with Crippen molar-refractivity contribution in [3.63, 3.8) is 0 Å². The fourth-order valence-electron chi connectivity index (χ4n) is 4.12. The summed E-state index contributed by atoms with van der Waals surface area (Å²) in [5.74, 6) is -1.34. The quantitative estimate of drug-likeness (QED) is 0.517. The second-order valence-corrected chi connectivity index (χ2v) is 9.90. The molecule has 1 aliphatic carbocycles. The van der Waals surface area contributed by atoms with Gasteiger partial charge in [-0.25, -0.2) is 13.2 Å². The molecule has 1 amide bonds. The van der Waals surface area contributed by atoms with Crippen LogP contribution in [0.15, 0.2) is 29.2 Å². The van der Waals surface area contributed by atoms with Crippen molar-refractivity contribution in [1.29, 1.82) is 0 Å². The smallest absolute Gasteiger partial charge is 0.332 e. The highest BCUT2D eigenvalue weighted by Crippen LogP contribution is 2.29. The highest BCUT2D eigenvalue weighted by molar-refractivity contribution is 7.89. The van der Waals surface area contributed by atoms with Crippen molar-refractivity contribution in [3.8, 4) is 0 Å². The van der Waals surface area contributed by atoms with E-state index in [2.05, 4.69) is 5.32 Å². The van der Waals surface area contributed by atoms with Crippen molar-refractivity contribution in [3.05, 3.63) is 29.8 Å². The highest BCUT2D eigenvalue weighted by Gasteiger charge is 2.42. The Labute approximate surface area is 177 Å². The standard InChI is InChI=1S/C21H28N2O6S/c1-16(24)22-21(11-3-2-4-12-21)20(26)29-15-19(25)17-7-9-18(10-8-17)30(27,28)23-13-5-6-14-23/h7-10H,2-6,11-15H2,1H3,(H,22,24). The van der Waals surface area contributed by atoms with E-state index in [0.717, 1.165) is 32.1 Å². The number of benzene rings is 1. The summed E-state index contributed by atoms with van der Waals surface area (Å²) >= 11 is 0. The Hall–Kier alpha value is -2.26. The molecule has 0 radical (unpaired) electrons. The number of carbonyl (C=O) groups is 3. The molecule has 1 heterocycles. The number of hydrogen-bond acceptors (Lipinski definition) is 6. The minimum atomic E-state index is -3.54. The maximum absolute atomic E-state index is 12.6. The third-order valence-electron chi connectivity index (χ3n) is 5.73. The molecule has 1 N–H and O–H groups in total. The van der Waals surface area contributed by atoms with Crippen LogP contribution in [0.4, 0.5) is 0 Å². The average molecular weight is 437 g/mol. The van der Waals surface area contributed by atoms with Crippen LogP contribution in [0, 0.1) is 0 Å². The first-order chi connectivity index (χ1) is 14.2. The lowest BCUT2D eigenvalue weighted by atomic mass is 9.81. The molecule has 1 saturated carbocycles. The summed E-state index contributed by atoms with van der Waals surface area (Å²) in [7, 11) is -3.54. The number of carbonyl (C=O) groups excluding carboxylic acids is 3. The largest absolute Gasteiger partial charge is 0.456 e. The zero-order chi connectivity index (χ0) is 21.8. The van der Waals surface area contributed by atoms with Crippen LogP contribution >= 0.6 is 0 Å². The van der Waals surface area contributed by atoms with Crippen molar-refractivity contribution in [2.24, 2.45) is 0 Å². The molecule has 0 atom stereocenters. The molecule has 3 rings (SSSR count). The first kappa shape index (κ1) is 22.4. The molecule has 0 unspecified atom stereocenters. The number of sulfonamides is 1. The van der Waals surface area contributed by atoms with E-state index in [4.69, 9.17) is 4.74 Å². The highest BCUT2D eigenvalue weighted by atomic mass is 32.2. The number of Topliss-reactive ketones (excluding diaryl/α,β-unsaturated/α-hetero) is 1. The van der Waals surface area contributed by atoms with Crippen molar-refractivity contribution in [2.45, 2.75) is 62.3 Å². The summed E-state index contributed by atoms with van der Waals surface area (Å²) in [4.78, 5) is 36.8. The second-order valence-electron chi connectivity index (χ2n) is 7.96. The van der Waals surface area contributed by atoms with E-state index in [1.807, 2.05) is 0 Å². The zero-order valence-corrected chi connectivity index (χ0v) is 18.0. The molecule has 164 valence electrons. The number of ketones is 1. The molecule has 2 aliphatic rings. The van der Waals surface area contributed by atoms with Crippen LogP contribution in [-0.4, -0.2) is 55.6 Å². The molecule has 2 fully saturated rings. The fourth-order valence-corrected chi connectivity index (χ4v) is 5.63. The van der Waals surface area contributed by atoms with Gasteiger partial charge in [-0.15, -0.1) is 0 Å². The Bertz CT molecular complexity index is 898. The van der Waals surface area contributed by atoms with E-state index in [-0.39, 0.29) is 16.4 Å². The summed E-state index contributed by atoms with van der Waals surface area (Å²) < 4.78 is 31.8. The molecular formula is C21H28N2O6S. The molecule has 1 aromatic rings. The molecule has 9 heteroatoms. The minimum Gasteiger partial charge on any atom is -0.456 e. The number of rotatable bonds is 7. The van der Waals surface area contributed by atoms with E-state index in [1.165, 1.54) is 35.5 Å². The summed E-state index contributed by atoms with van der Waals surface area (Å²) in [6.45, 7) is 1.91.